The molecule has 124 valence electrons. The zero-order valence-electron chi connectivity index (χ0n) is 13.2. The Balaban J connectivity index is 1.56. The first-order valence-electron chi connectivity index (χ1n) is 8.23. The highest BCUT2D eigenvalue weighted by atomic mass is 79.9. The van der Waals surface area contributed by atoms with E-state index in [0.29, 0.717) is 28.9 Å². The summed E-state index contributed by atoms with van der Waals surface area (Å²) in [5, 5.41) is 3.41. The van der Waals surface area contributed by atoms with Crippen LogP contribution in [-0.4, -0.2) is 37.0 Å². The topological polar surface area (TPSA) is 41.6 Å². The van der Waals surface area contributed by atoms with E-state index in [-0.39, 0.29) is 5.91 Å². The van der Waals surface area contributed by atoms with E-state index in [4.69, 9.17) is 4.74 Å². The minimum absolute atomic E-state index is 0.0648. The van der Waals surface area contributed by atoms with Gasteiger partial charge in [-0.05, 0) is 42.2 Å². The molecule has 4 rings (SSSR count). The van der Waals surface area contributed by atoms with E-state index in [0.717, 1.165) is 30.7 Å². The molecule has 2 aromatic carbocycles. The first-order chi connectivity index (χ1) is 11.7. The predicted molar refractivity (Wildman–Crippen MR) is 96.4 cm³/mol. The van der Waals surface area contributed by atoms with Gasteiger partial charge in [0.1, 0.15) is 11.5 Å². The van der Waals surface area contributed by atoms with Crippen LogP contribution >= 0.6 is 15.9 Å². The van der Waals surface area contributed by atoms with Gasteiger partial charge in [-0.25, -0.2) is 0 Å². The van der Waals surface area contributed by atoms with Crippen LogP contribution in [0.2, 0.25) is 0 Å². The van der Waals surface area contributed by atoms with Gasteiger partial charge in [0.15, 0.2) is 0 Å². The summed E-state index contributed by atoms with van der Waals surface area (Å²) >= 11 is 3.44. The van der Waals surface area contributed by atoms with E-state index in [1.165, 1.54) is 0 Å². The maximum atomic E-state index is 13.0. The third kappa shape index (κ3) is 3.06. The largest absolute Gasteiger partial charge is 0.456 e. The van der Waals surface area contributed by atoms with Gasteiger partial charge in [0.25, 0.3) is 5.91 Å². The van der Waals surface area contributed by atoms with Crippen LogP contribution in [0.5, 0.6) is 11.5 Å². The molecule has 2 aliphatic heterocycles. The normalized spacial score (nSPS) is 22.5. The fraction of sp³-hybridized carbons (Fsp3) is 0.316. The van der Waals surface area contributed by atoms with E-state index >= 15 is 0 Å². The average Bonchev–Trinajstić information content (AvgIpc) is 3.16. The molecule has 1 amide bonds. The summed E-state index contributed by atoms with van der Waals surface area (Å²) in [6.45, 7) is 3.71. The number of ether oxygens (including phenoxy) is 1. The summed E-state index contributed by atoms with van der Waals surface area (Å²) < 4.78 is 6.92. The molecule has 0 aromatic heterocycles. The molecule has 2 fully saturated rings. The molecular formula is C19H19BrN2O2. The number of likely N-dealkylation sites (tertiary alicyclic amines) is 1. The fourth-order valence-electron chi connectivity index (χ4n) is 3.58. The maximum absolute atomic E-state index is 13.0. The molecule has 1 N–H and O–H groups in total. The molecule has 0 unspecified atom stereocenters. The number of hydrogen-bond donors (Lipinski definition) is 1. The van der Waals surface area contributed by atoms with Crippen molar-refractivity contribution in [1.29, 1.82) is 0 Å². The van der Waals surface area contributed by atoms with E-state index in [1.807, 2.05) is 53.4 Å². The number of amides is 1. The Morgan fingerprint density at radius 1 is 1.08 bits per heavy atom. The molecule has 24 heavy (non-hydrogen) atoms. The lowest BCUT2D eigenvalue weighted by Gasteiger charge is -2.19. The van der Waals surface area contributed by atoms with Crippen LogP contribution in [0.1, 0.15) is 10.4 Å². The van der Waals surface area contributed by atoms with E-state index in [2.05, 4.69) is 21.2 Å². The Labute approximate surface area is 149 Å². The molecule has 0 bridgehead atoms. The highest BCUT2D eigenvalue weighted by molar-refractivity contribution is 9.10. The number of carbonyl (C=O) groups excluding carboxylic acids is 1. The van der Waals surface area contributed by atoms with Gasteiger partial charge in [0.2, 0.25) is 0 Å². The second-order valence-corrected chi connectivity index (χ2v) is 7.36. The standard InChI is InChI=1S/C19H19BrN2O2/c20-15-4-3-5-16(8-15)24-18-7-2-1-6-17(18)19(23)22-11-13-9-21-10-14(13)12-22/h1-8,13-14,21H,9-12H2/t13-,14+. The van der Waals surface area contributed by atoms with Gasteiger partial charge in [-0.1, -0.05) is 34.1 Å². The van der Waals surface area contributed by atoms with E-state index in [1.54, 1.807) is 0 Å². The monoisotopic (exact) mass is 386 g/mol. The van der Waals surface area contributed by atoms with Gasteiger partial charge in [-0.2, -0.15) is 0 Å². The van der Waals surface area contributed by atoms with Crippen molar-refractivity contribution in [2.75, 3.05) is 26.2 Å². The van der Waals surface area contributed by atoms with Gasteiger partial charge < -0.3 is 15.0 Å². The van der Waals surface area contributed by atoms with Crippen molar-refractivity contribution in [3.05, 3.63) is 58.6 Å². The maximum Gasteiger partial charge on any atom is 0.257 e. The van der Waals surface area contributed by atoms with Crippen LogP contribution in [0.4, 0.5) is 0 Å². The zero-order chi connectivity index (χ0) is 16.5. The van der Waals surface area contributed by atoms with Crippen molar-refractivity contribution in [3.63, 3.8) is 0 Å². The van der Waals surface area contributed by atoms with Crippen molar-refractivity contribution >= 4 is 21.8 Å². The summed E-state index contributed by atoms with van der Waals surface area (Å²) in [7, 11) is 0. The predicted octanol–water partition coefficient (Wildman–Crippen LogP) is 3.53. The minimum atomic E-state index is 0.0648. The molecule has 2 saturated heterocycles. The van der Waals surface area contributed by atoms with Crippen LogP contribution in [0.3, 0.4) is 0 Å². The number of nitrogens with zero attached hydrogens (tertiary/aromatic N) is 1. The van der Waals surface area contributed by atoms with Gasteiger partial charge in [-0.3, -0.25) is 4.79 Å². The van der Waals surface area contributed by atoms with Crippen LogP contribution < -0.4 is 10.1 Å². The highest BCUT2D eigenvalue weighted by Gasteiger charge is 2.38. The first kappa shape index (κ1) is 15.7. The third-order valence-electron chi connectivity index (χ3n) is 4.82. The second-order valence-electron chi connectivity index (χ2n) is 6.44. The molecule has 2 atom stereocenters. The molecule has 2 aromatic rings. The lowest BCUT2D eigenvalue weighted by atomic mass is 10.0. The molecule has 4 nitrogen and oxygen atoms in total. The van der Waals surface area contributed by atoms with Crippen molar-refractivity contribution in [2.45, 2.75) is 0 Å². The number of rotatable bonds is 3. The molecule has 2 heterocycles. The van der Waals surface area contributed by atoms with Crippen LogP contribution in [0.15, 0.2) is 53.0 Å². The summed E-state index contributed by atoms with van der Waals surface area (Å²) in [6.07, 6.45) is 0. The van der Waals surface area contributed by atoms with Crippen LogP contribution in [0.25, 0.3) is 0 Å². The fourth-order valence-corrected chi connectivity index (χ4v) is 3.96. The lowest BCUT2D eigenvalue weighted by Crippen LogP contribution is -2.32. The number of hydrogen-bond acceptors (Lipinski definition) is 3. The quantitative estimate of drug-likeness (QED) is 0.876. The number of halogens is 1. The zero-order valence-corrected chi connectivity index (χ0v) is 14.8. The number of nitrogens with one attached hydrogen (secondary N) is 1. The number of para-hydroxylation sites is 1. The molecule has 5 heteroatoms. The van der Waals surface area contributed by atoms with E-state index in [9.17, 15) is 4.79 Å². The van der Waals surface area contributed by atoms with Crippen molar-refractivity contribution < 1.29 is 9.53 Å². The van der Waals surface area contributed by atoms with Gasteiger partial charge >= 0.3 is 0 Å². The Bertz CT molecular complexity index is 753. The Morgan fingerprint density at radius 2 is 1.83 bits per heavy atom. The second kappa shape index (κ2) is 6.57. The summed E-state index contributed by atoms with van der Waals surface area (Å²) in [5.74, 6) is 2.57. The van der Waals surface area contributed by atoms with Crippen molar-refractivity contribution in [1.82, 2.24) is 10.2 Å². The van der Waals surface area contributed by atoms with Gasteiger partial charge in [0, 0.05) is 30.7 Å². The molecule has 0 spiro atoms. The Hall–Kier alpha value is -1.85. The summed E-state index contributed by atoms with van der Waals surface area (Å²) in [6, 6.07) is 15.1. The van der Waals surface area contributed by atoms with Gasteiger partial charge in [-0.15, -0.1) is 0 Å². The van der Waals surface area contributed by atoms with Gasteiger partial charge in [0.05, 0.1) is 5.56 Å². The molecule has 0 saturated carbocycles. The van der Waals surface area contributed by atoms with Crippen molar-refractivity contribution in [3.8, 4) is 11.5 Å². The van der Waals surface area contributed by atoms with Crippen LogP contribution in [0, 0.1) is 11.8 Å². The highest BCUT2D eigenvalue weighted by Crippen LogP contribution is 2.31. The van der Waals surface area contributed by atoms with Crippen LogP contribution in [-0.2, 0) is 0 Å². The SMILES string of the molecule is O=C(c1ccccc1Oc1cccc(Br)c1)N1C[C@H]2CNC[C@H]2C1. The number of carbonyl (C=O) groups is 1. The smallest absolute Gasteiger partial charge is 0.257 e. The lowest BCUT2D eigenvalue weighted by molar-refractivity contribution is 0.0779. The van der Waals surface area contributed by atoms with E-state index < -0.39 is 0 Å². The Morgan fingerprint density at radius 3 is 2.58 bits per heavy atom. The summed E-state index contributed by atoms with van der Waals surface area (Å²) in [5.41, 5.74) is 0.630. The number of fused-ring (bicyclic) bond motifs is 1. The molecular weight excluding hydrogens is 368 g/mol. The van der Waals surface area contributed by atoms with Crippen molar-refractivity contribution in [2.24, 2.45) is 11.8 Å². The number of benzene rings is 2. The molecule has 0 radical (unpaired) electrons. The Kier molecular flexibility index (Phi) is 4.29. The summed E-state index contributed by atoms with van der Waals surface area (Å²) in [4.78, 5) is 14.9. The molecule has 0 aliphatic carbocycles. The minimum Gasteiger partial charge on any atom is -0.456 e. The molecule has 2 aliphatic rings. The third-order valence-corrected chi connectivity index (χ3v) is 5.31. The average molecular weight is 387 g/mol. The first-order valence-corrected chi connectivity index (χ1v) is 9.02.